The number of nitrogens with one attached hydrogen (secondary N) is 3. The summed E-state index contributed by atoms with van der Waals surface area (Å²) < 4.78 is 0. The molecule has 1 fully saturated rings. The Hall–Kier alpha value is -0.530. The van der Waals surface area contributed by atoms with Crippen molar-refractivity contribution in [1.29, 1.82) is 0 Å². The highest BCUT2D eigenvalue weighted by atomic mass is 127. The zero-order valence-corrected chi connectivity index (χ0v) is 17.3. The van der Waals surface area contributed by atoms with Crippen LogP contribution in [0.4, 0.5) is 0 Å². The highest BCUT2D eigenvalue weighted by Gasteiger charge is 2.22. The molecular formula is C17H35IN4O. The lowest BCUT2D eigenvalue weighted by Gasteiger charge is -2.11. The second-order valence-electron chi connectivity index (χ2n) is 6.52. The van der Waals surface area contributed by atoms with Crippen molar-refractivity contribution in [3.8, 4) is 0 Å². The maximum absolute atomic E-state index is 11.6. The van der Waals surface area contributed by atoms with Gasteiger partial charge < -0.3 is 16.0 Å². The van der Waals surface area contributed by atoms with Gasteiger partial charge in [0.25, 0.3) is 0 Å². The van der Waals surface area contributed by atoms with Gasteiger partial charge in [0, 0.05) is 32.1 Å². The molecular weight excluding hydrogens is 403 g/mol. The highest BCUT2D eigenvalue weighted by molar-refractivity contribution is 14.0. The summed E-state index contributed by atoms with van der Waals surface area (Å²) in [6, 6.07) is 0.459. The van der Waals surface area contributed by atoms with Crippen LogP contribution in [0.5, 0.6) is 0 Å². The van der Waals surface area contributed by atoms with Crippen LogP contribution in [-0.4, -0.2) is 37.5 Å². The molecule has 136 valence electrons. The van der Waals surface area contributed by atoms with Crippen LogP contribution >= 0.6 is 24.0 Å². The van der Waals surface area contributed by atoms with Gasteiger partial charge in [-0.3, -0.25) is 9.79 Å². The molecule has 0 atom stereocenters. The molecule has 0 radical (unpaired) electrons. The normalized spacial score (nSPS) is 14.3. The number of carbonyl (C=O) groups is 1. The Kier molecular flexibility index (Phi) is 13.5. The SMILES string of the molecule is CCNC(=NCCCC(=O)NC1CC1)NCCCCC(C)C.I. The highest BCUT2D eigenvalue weighted by Crippen LogP contribution is 2.18. The summed E-state index contributed by atoms with van der Waals surface area (Å²) in [6.45, 7) is 9.11. The minimum Gasteiger partial charge on any atom is -0.357 e. The van der Waals surface area contributed by atoms with Gasteiger partial charge in [-0.1, -0.05) is 26.7 Å². The number of nitrogens with zero attached hydrogens (tertiary/aromatic N) is 1. The van der Waals surface area contributed by atoms with Crippen molar-refractivity contribution in [3.05, 3.63) is 0 Å². The van der Waals surface area contributed by atoms with E-state index in [0.717, 1.165) is 44.2 Å². The van der Waals surface area contributed by atoms with Crippen LogP contribution in [0.3, 0.4) is 0 Å². The molecule has 3 N–H and O–H groups in total. The number of halogens is 1. The molecule has 1 aliphatic rings. The summed E-state index contributed by atoms with van der Waals surface area (Å²) in [4.78, 5) is 16.1. The van der Waals surface area contributed by atoms with E-state index in [-0.39, 0.29) is 29.9 Å². The minimum atomic E-state index is 0. The fourth-order valence-corrected chi connectivity index (χ4v) is 2.18. The van der Waals surface area contributed by atoms with E-state index in [4.69, 9.17) is 0 Å². The Morgan fingerprint density at radius 3 is 2.52 bits per heavy atom. The molecule has 0 aromatic carbocycles. The fraction of sp³-hybridized carbons (Fsp3) is 0.882. The summed E-state index contributed by atoms with van der Waals surface area (Å²) in [6.07, 6.45) is 7.39. The lowest BCUT2D eigenvalue weighted by Crippen LogP contribution is -2.38. The molecule has 0 heterocycles. The molecule has 0 bridgehead atoms. The van der Waals surface area contributed by atoms with Crippen LogP contribution < -0.4 is 16.0 Å². The van der Waals surface area contributed by atoms with Crippen molar-refractivity contribution in [1.82, 2.24) is 16.0 Å². The van der Waals surface area contributed by atoms with Crippen molar-refractivity contribution in [2.75, 3.05) is 19.6 Å². The van der Waals surface area contributed by atoms with Gasteiger partial charge in [0.05, 0.1) is 0 Å². The van der Waals surface area contributed by atoms with Crippen LogP contribution in [-0.2, 0) is 4.79 Å². The summed E-state index contributed by atoms with van der Waals surface area (Å²) in [5.41, 5.74) is 0. The van der Waals surface area contributed by atoms with E-state index in [1.807, 2.05) is 0 Å². The monoisotopic (exact) mass is 438 g/mol. The average Bonchev–Trinajstić information content (AvgIpc) is 3.26. The molecule has 0 spiro atoms. The van der Waals surface area contributed by atoms with Gasteiger partial charge in [0.1, 0.15) is 0 Å². The molecule has 1 saturated carbocycles. The van der Waals surface area contributed by atoms with Crippen molar-refractivity contribution >= 4 is 35.8 Å². The van der Waals surface area contributed by atoms with Gasteiger partial charge in [-0.25, -0.2) is 0 Å². The van der Waals surface area contributed by atoms with Crippen LogP contribution in [0.25, 0.3) is 0 Å². The summed E-state index contributed by atoms with van der Waals surface area (Å²) in [5, 5.41) is 9.62. The van der Waals surface area contributed by atoms with E-state index in [1.54, 1.807) is 0 Å². The number of amides is 1. The standard InChI is InChI=1S/C17H34N4O.HI/c1-4-18-17(19-12-6-5-8-14(2)3)20-13-7-9-16(22)21-15-10-11-15;/h14-15H,4-13H2,1-3H3,(H,21,22)(H2,18,19,20);1H. The first-order valence-corrected chi connectivity index (χ1v) is 8.93. The second kappa shape index (κ2) is 13.9. The first kappa shape index (κ1) is 22.5. The van der Waals surface area contributed by atoms with Crippen LogP contribution in [0.15, 0.2) is 4.99 Å². The van der Waals surface area contributed by atoms with E-state index in [2.05, 4.69) is 41.7 Å². The summed E-state index contributed by atoms with van der Waals surface area (Å²) in [7, 11) is 0. The maximum atomic E-state index is 11.6. The van der Waals surface area contributed by atoms with Gasteiger partial charge in [0.15, 0.2) is 5.96 Å². The first-order valence-electron chi connectivity index (χ1n) is 8.93. The molecule has 1 rings (SSSR count). The number of hydrogen-bond acceptors (Lipinski definition) is 2. The van der Waals surface area contributed by atoms with Crippen molar-refractivity contribution in [3.63, 3.8) is 0 Å². The quantitative estimate of drug-likeness (QED) is 0.201. The third-order valence-electron chi connectivity index (χ3n) is 3.62. The number of hydrogen-bond donors (Lipinski definition) is 3. The number of guanidine groups is 1. The lowest BCUT2D eigenvalue weighted by molar-refractivity contribution is -0.121. The molecule has 6 heteroatoms. The van der Waals surface area contributed by atoms with Crippen molar-refractivity contribution in [2.45, 2.75) is 71.8 Å². The van der Waals surface area contributed by atoms with Gasteiger partial charge in [-0.2, -0.15) is 0 Å². The average molecular weight is 438 g/mol. The molecule has 1 aliphatic carbocycles. The lowest BCUT2D eigenvalue weighted by atomic mass is 10.1. The molecule has 23 heavy (non-hydrogen) atoms. The third-order valence-corrected chi connectivity index (χ3v) is 3.62. The largest absolute Gasteiger partial charge is 0.357 e. The van der Waals surface area contributed by atoms with Crippen molar-refractivity contribution < 1.29 is 4.79 Å². The smallest absolute Gasteiger partial charge is 0.220 e. The Morgan fingerprint density at radius 2 is 1.91 bits per heavy atom. The van der Waals surface area contributed by atoms with E-state index >= 15 is 0 Å². The zero-order valence-electron chi connectivity index (χ0n) is 15.0. The van der Waals surface area contributed by atoms with Gasteiger partial charge in [-0.15, -0.1) is 24.0 Å². The molecule has 0 aromatic heterocycles. The van der Waals surface area contributed by atoms with E-state index in [1.165, 1.54) is 19.3 Å². The topological polar surface area (TPSA) is 65.5 Å². The Morgan fingerprint density at radius 1 is 1.17 bits per heavy atom. The number of carbonyl (C=O) groups excluding carboxylic acids is 1. The number of unbranched alkanes of at least 4 members (excludes halogenated alkanes) is 1. The second-order valence-corrected chi connectivity index (χ2v) is 6.52. The molecule has 0 unspecified atom stereocenters. The minimum absolute atomic E-state index is 0. The van der Waals surface area contributed by atoms with E-state index in [9.17, 15) is 4.79 Å². The number of rotatable bonds is 11. The van der Waals surface area contributed by atoms with Crippen LogP contribution in [0.1, 0.15) is 65.7 Å². The first-order chi connectivity index (χ1) is 10.6. The Bertz CT molecular complexity index is 343. The van der Waals surface area contributed by atoms with Gasteiger partial charge >= 0.3 is 0 Å². The molecule has 1 amide bonds. The molecule has 0 saturated heterocycles. The zero-order chi connectivity index (χ0) is 16.2. The van der Waals surface area contributed by atoms with E-state index < -0.39 is 0 Å². The van der Waals surface area contributed by atoms with Crippen molar-refractivity contribution in [2.24, 2.45) is 10.9 Å². The predicted molar refractivity (Wildman–Crippen MR) is 108 cm³/mol. The summed E-state index contributed by atoms with van der Waals surface area (Å²) in [5.74, 6) is 1.82. The van der Waals surface area contributed by atoms with Crippen LogP contribution in [0, 0.1) is 5.92 Å². The molecule has 5 nitrogen and oxygen atoms in total. The fourth-order valence-electron chi connectivity index (χ4n) is 2.18. The maximum Gasteiger partial charge on any atom is 0.220 e. The van der Waals surface area contributed by atoms with Gasteiger partial charge in [0.2, 0.25) is 5.91 Å². The van der Waals surface area contributed by atoms with Crippen LogP contribution in [0.2, 0.25) is 0 Å². The third kappa shape index (κ3) is 13.6. The van der Waals surface area contributed by atoms with Gasteiger partial charge in [-0.05, 0) is 38.5 Å². The molecule has 0 aliphatic heterocycles. The molecule has 0 aromatic rings. The summed E-state index contributed by atoms with van der Waals surface area (Å²) >= 11 is 0. The number of aliphatic imine (C=N–C) groups is 1. The Labute approximate surface area is 158 Å². The van der Waals surface area contributed by atoms with E-state index in [0.29, 0.717) is 19.0 Å². The Balaban J connectivity index is 0.00000484. The predicted octanol–water partition coefficient (Wildman–Crippen LogP) is 3.04.